The zero-order chi connectivity index (χ0) is 22.2. The summed E-state index contributed by atoms with van der Waals surface area (Å²) in [6.45, 7) is 5.82. The predicted octanol–water partition coefficient (Wildman–Crippen LogP) is 4.67. The molecular weight excluding hydrogens is 390 g/mol. The molecule has 2 aliphatic rings. The zero-order valence-electron chi connectivity index (χ0n) is 18.2. The molecule has 0 N–H and O–H groups in total. The van der Waals surface area contributed by atoms with Crippen LogP contribution in [0.5, 0.6) is 0 Å². The fraction of sp³-hybridized carbons (Fsp3) is 0.346. The second kappa shape index (κ2) is 8.14. The van der Waals surface area contributed by atoms with Crippen LogP contribution in [0.15, 0.2) is 60.2 Å². The van der Waals surface area contributed by atoms with Crippen molar-refractivity contribution in [3.63, 3.8) is 0 Å². The first-order chi connectivity index (χ1) is 14.7. The van der Waals surface area contributed by atoms with Crippen molar-refractivity contribution in [1.29, 1.82) is 0 Å². The van der Waals surface area contributed by atoms with Gasteiger partial charge in [-0.15, -0.1) is 0 Å². The summed E-state index contributed by atoms with van der Waals surface area (Å²) in [5.41, 5.74) is 3.64. The molecule has 2 aromatic carbocycles. The largest absolute Gasteiger partial charge is 0.460 e. The van der Waals surface area contributed by atoms with E-state index < -0.39 is 5.60 Å². The van der Waals surface area contributed by atoms with Crippen LogP contribution < -0.4 is 0 Å². The standard InChI is InChI=1S/C26H27NO4/c1-26(2,3)31-23(28)15-19-14-17(12-13-18-8-4-5-9-20(18)19)16-27-24(29)21-10-6-7-11-22(21)25(27)30/h4-12,19H,13-16H2,1-3H3. The number of carbonyl (C=O) groups excluding carboxylic acids is 3. The summed E-state index contributed by atoms with van der Waals surface area (Å²) in [6.07, 6.45) is 3.66. The van der Waals surface area contributed by atoms with Gasteiger partial charge in [0.1, 0.15) is 5.60 Å². The van der Waals surface area contributed by atoms with Crippen LogP contribution in [0.2, 0.25) is 0 Å². The van der Waals surface area contributed by atoms with Crippen molar-refractivity contribution in [2.24, 2.45) is 0 Å². The predicted molar refractivity (Wildman–Crippen MR) is 118 cm³/mol. The summed E-state index contributed by atoms with van der Waals surface area (Å²) in [6, 6.07) is 15.0. The van der Waals surface area contributed by atoms with Gasteiger partial charge < -0.3 is 4.74 Å². The highest BCUT2D eigenvalue weighted by Crippen LogP contribution is 2.35. The van der Waals surface area contributed by atoms with E-state index in [-0.39, 0.29) is 36.7 Å². The van der Waals surface area contributed by atoms with E-state index in [4.69, 9.17) is 4.74 Å². The van der Waals surface area contributed by atoms with Crippen molar-refractivity contribution in [3.05, 3.63) is 82.4 Å². The molecule has 1 atom stereocenters. The minimum Gasteiger partial charge on any atom is -0.460 e. The number of fused-ring (bicyclic) bond motifs is 2. The van der Waals surface area contributed by atoms with Crippen molar-refractivity contribution in [1.82, 2.24) is 4.90 Å². The molecule has 0 saturated heterocycles. The van der Waals surface area contributed by atoms with Gasteiger partial charge in [-0.3, -0.25) is 19.3 Å². The SMILES string of the molecule is CC(C)(C)OC(=O)CC1CC(CN2C(=O)c3ccccc3C2=O)=CCc2ccccc21. The second-order valence-corrected chi connectivity index (χ2v) is 9.20. The minimum atomic E-state index is -0.542. The number of ether oxygens (including phenoxy) is 1. The number of nitrogens with zero attached hydrogens (tertiary/aromatic N) is 1. The molecule has 0 aromatic heterocycles. The van der Waals surface area contributed by atoms with Gasteiger partial charge in [0.2, 0.25) is 0 Å². The van der Waals surface area contributed by atoms with E-state index in [9.17, 15) is 14.4 Å². The maximum atomic E-state index is 12.8. The normalized spacial score (nSPS) is 18.2. The number of amides is 2. The fourth-order valence-electron chi connectivity index (χ4n) is 4.36. The summed E-state index contributed by atoms with van der Waals surface area (Å²) < 4.78 is 5.56. The molecule has 1 aliphatic carbocycles. The number of imide groups is 1. The molecule has 0 fully saturated rings. The third kappa shape index (κ3) is 4.46. The number of hydrogen-bond donors (Lipinski definition) is 0. The number of hydrogen-bond acceptors (Lipinski definition) is 4. The molecule has 31 heavy (non-hydrogen) atoms. The molecule has 2 amide bonds. The first-order valence-electron chi connectivity index (χ1n) is 10.7. The molecule has 5 nitrogen and oxygen atoms in total. The molecule has 5 heteroatoms. The van der Waals surface area contributed by atoms with E-state index in [2.05, 4.69) is 18.2 Å². The van der Waals surface area contributed by atoms with Crippen LogP contribution in [-0.4, -0.2) is 34.8 Å². The maximum Gasteiger partial charge on any atom is 0.306 e. The summed E-state index contributed by atoms with van der Waals surface area (Å²) in [7, 11) is 0. The quantitative estimate of drug-likeness (QED) is 0.412. The lowest BCUT2D eigenvalue weighted by Gasteiger charge is -2.24. The highest BCUT2D eigenvalue weighted by Gasteiger charge is 2.36. The van der Waals surface area contributed by atoms with Crippen LogP contribution in [0.4, 0.5) is 0 Å². The van der Waals surface area contributed by atoms with Gasteiger partial charge in [0.15, 0.2) is 0 Å². The van der Waals surface area contributed by atoms with Gasteiger partial charge in [-0.25, -0.2) is 0 Å². The van der Waals surface area contributed by atoms with Crippen molar-refractivity contribution >= 4 is 17.8 Å². The smallest absolute Gasteiger partial charge is 0.306 e. The second-order valence-electron chi connectivity index (χ2n) is 9.20. The van der Waals surface area contributed by atoms with Crippen molar-refractivity contribution in [2.45, 2.75) is 51.6 Å². The Morgan fingerprint density at radius 2 is 1.61 bits per heavy atom. The lowest BCUT2D eigenvalue weighted by molar-refractivity contribution is -0.155. The van der Waals surface area contributed by atoms with Gasteiger partial charge in [0.05, 0.1) is 24.1 Å². The Labute approximate surface area is 182 Å². The van der Waals surface area contributed by atoms with Gasteiger partial charge in [-0.05, 0) is 62.8 Å². The Kier molecular flexibility index (Phi) is 5.52. The maximum absolute atomic E-state index is 12.8. The molecule has 0 radical (unpaired) electrons. The van der Waals surface area contributed by atoms with Crippen LogP contribution >= 0.6 is 0 Å². The summed E-state index contributed by atoms with van der Waals surface area (Å²) in [4.78, 5) is 39.5. The van der Waals surface area contributed by atoms with Crippen molar-refractivity contribution < 1.29 is 19.1 Å². The van der Waals surface area contributed by atoms with E-state index >= 15 is 0 Å². The van der Waals surface area contributed by atoms with Gasteiger partial charge in [0.25, 0.3) is 11.8 Å². The first-order valence-corrected chi connectivity index (χ1v) is 10.7. The Bertz CT molecular complexity index is 1040. The van der Waals surface area contributed by atoms with Gasteiger partial charge in [-0.1, -0.05) is 48.0 Å². The molecule has 2 aromatic rings. The fourth-order valence-corrected chi connectivity index (χ4v) is 4.36. The highest BCUT2D eigenvalue weighted by atomic mass is 16.6. The van der Waals surface area contributed by atoms with E-state index in [1.165, 1.54) is 4.90 Å². The summed E-state index contributed by atoms with van der Waals surface area (Å²) >= 11 is 0. The van der Waals surface area contributed by atoms with Crippen LogP contribution in [-0.2, 0) is 16.0 Å². The van der Waals surface area contributed by atoms with Gasteiger partial charge in [-0.2, -0.15) is 0 Å². The Morgan fingerprint density at radius 1 is 1.00 bits per heavy atom. The molecule has 1 unspecified atom stereocenters. The Balaban J connectivity index is 1.56. The molecule has 160 valence electrons. The third-order valence-electron chi connectivity index (χ3n) is 5.69. The average molecular weight is 418 g/mol. The monoisotopic (exact) mass is 417 g/mol. The molecule has 1 heterocycles. The molecule has 4 rings (SSSR count). The third-order valence-corrected chi connectivity index (χ3v) is 5.69. The summed E-state index contributed by atoms with van der Waals surface area (Å²) in [5.74, 6) is -0.817. The lowest BCUT2D eigenvalue weighted by Crippen LogP contribution is -2.32. The number of carbonyl (C=O) groups is 3. The van der Waals surface area contributed by atoms with E-state index in [0.29, 0.717) is 24.0 Å². The number of benzene rings is 2. The van der Waals surface area contributed by atoms with Crippen LogP contribution in [0.25, 0.3) is 0 Å². The number of rotatable bonds is 4. The van der Waals surface area contributed by atoms with E-state index in [1.54, 1.807) is 24.3 Å². The first kappa shape index (κ1) is 21.0. The lowest BCUT2D eigenvalue weighted by atomic mass is 9.88. The minimum absolute atomic E-state index is 0.0602. The van der Waals surface area contributed by atoms with Crippen LogP contribution in [0, 0.1) is 0 Å². The van der Waals surface area contributed by atoms with E-state index in [0.717, 1.165) is 16.7 Å². The Morgan fingerprint density at radius 3 is 2.26 bits per heavy atom. The van der Waals surface area contributed by atoms with Gasteiger partial charge in [0, 0.05) is 0 Å². The average Bonchev–Trinajstić information content (AvgIpc) is 2.85. The highest BCUT2D eigenvalue weighted by molar-refractivity contribution is 6.21. The number of allylic oxidation sites excluding steroid dienone is 1. The zero-order valence-corrected chi connectivity index (χ0v) is 18.2. The van der Waals surface area contributed by atoms with Crippen molar-refractivity contribution in [3.8, 4) is 0 Å². The van der Waals surface area contributed by atoms with Crippen LogP contribution in [0.3, 0.4) is 0 Å². The molecule has 0 spiro atoms. The van der Waals surface area contributed by atoms with Crippen molar-refractivity contribution in [2.75, 3.05) is 6.54 Å². The molecular formula is C26H27NO4. The topological polar surface area (TPSA) is 63.7 Å². The van der Waals surface area contributed by atoms with E-state index in [1.807, 2.05) is 32.9 Å². The summed E-state index contributed by atoms with van der Waals surface area (Å²) in [5, 5.41) is 0. The molecule has 0 bridgehead atoms. The molecule has 1 aliphatic heterocycles. The van der Waals surface area contributed by atoms with Gasteiger partial charge >= 0.3 is 5.97 Å². The molecule has 0 saturated carbocycles. The Hall–Kier alpha value is -3.21. The number of esters is 1. The van der Waals surface area contributed by atoms with Crippen LogP contribution in [0.1, 0.15) is 71.4 Å².